The van der Waals surface area contributed by atoms with E-state index in [0.29, 0.717) is 13.1 Å². The lowest BCUT2D eigenvalue weighted by atomic mass is 10.1. The predicted octanol–water partition coefficient (Wildman–Crippen LogP) is 3.37. The van der Waals surface area contributed by atoms with Gasteiger partial charge >= 0.3 is 0 Å². The molecule has 0 amide bonds. The highest BCUT2D eigenvalue weighted by molar-refractivity contribution is 5.23. The van der Waals surface area contributed by atoms with E-state index >= 15 is 0 Å². The van der Waals surface area contributed by atoms with Gasteiger partial charge in [-0.1, -0.05) is 54.6 Å². The molecule has 4 heteroatoms. The number of benzene rings is 2. The smallest absolute Gasteiger partial charge is 0.285 e. The quantitative estimate of drug-likeness (QED) is 0.884. The first-order chi connectivity index (χ1) is 10.0. The van der Waals surface area contributed by atoms with Gasteiger partial charge in [-0.15, -0.1) is 0 Å². The van der Waals surface area contributed by atoms with Crippen LogP contribution in [0.15, 0.2) is 54.6 Å². The number of hydrogen-bond acceptors (Lipinski definition) is 2. The molecule has 2 aromatic carbocycles. The Hall–Kier alpha value is -1.78. The third kappa shape index (κ3) is 4.34. The fourth-order valence-electron chi connectivity index (χ4n) is 2.26. The molecular formula is C17H20F2N2. The molecular weight excluding hydrogens is 270 g/mol. The minimum absolute atomic E-state index is 0.0512. The van der Waals surface area contributed by atoms with Crippen molar-refractivity contribution in [2.24, 2.45) is 5.73 Å². The molecule has 2 aromatic rings. The first-order valence-electron chi connectivity index (χ1n) is 6.91. The molecule has 0 saturated heterocycles. The molecule has 0 saturated carbocycles. The molecule has 0 unspecified atom stereocenters. The van der Waals surface area contributed by atoms with E-state index < -0.39 is 5.92 Å². The van der Waals surface area contributed by atoms with Gasteiger partial charge in [-0.25, -0.2) is 0 Å². The van der Waals surface area contributed by atoms with Gasteiger partial charge in [-0.3, -0.25) is 4.90 Å². The van der Waals surface area contributed by atoms with Crippen molar-refractivity contribution in [2.45, 2.75) is 19.0 Å². The van der Waals surface area contributed by atoms with Gasteiger partial charge in [0.2, 0.25) is 0 Å². The number of hydrogen-bond donors (Lipinski definition) is 1. The monoisotopic (exact) mass is 290 g/mol. The molecule has 0 radical (unpaired) electrons. The molecule has 0 aliphatic carbocycles. The van der Waals surface area contributed by atoms with Crippen molar-refractivity contribution < 1.29 is 8.78 Å². The highest BCUT2D eigenvalue weighted by Crippen LogP contribution is 2.28. The molecule has 2 rings (SSSR count). The van der Waals surface area contributed by atoms with E-state index in [9.17, 15) is 8.78 Å². The molecule has 2 N–H and O–H groups in total. The Labute approximate surface area is 124 Å². The molecule has 2 nitrogen and oxygen atoms in total. The standard InChI is InChI=1S/C17H20F2N2/c1-21(12-15-9-7-14(11-20)8-10-15)13-17(18,19)16-5-3-2-4-6-16/h2-10H,11-13,20H2,1H3. The molecule has 0 atom stereocenters. The second-order valence-electron chi connectivity index (χ2n) is 5.26. The summed E-state index contributed by atoms with van der Waals surface area (Å²) in [6, 6.07) is 15.6. The van der Waals surface area contributed by atoms with Crippen LogP contribution in [-0.2, 0) is 19.0 Å². The van der Waals surface area contributed by atoms with Crippen molar-refractivity contribution in [1.82, 2.24) is 4.90 Å². The van der Waals surface area contributed by atoms with Gasteiger partial charge in [-0.2, -0.15) is 8.78 Å². The second kappa shape index (κ2) is 6.78. The van der Waals surface area contributed by atoms with Gasteiger partial charge < -0.3 is 5.73 Å². The summed E-state index contributed by atoms with van der Waals surface area (Å²) in [5.41, 5.74) is 7.63. The van der Waals surface area contributed by atoms with Crippen molar-refractivity contribution in [3.63, 3.8) is 0 Å². The lowest BCUT2D eigenvalue weighted by Gasteiger charge is -2.24. The van der Waals surface area contributed by atoms with Gasteiger partial charge in [0.05, 0.1) is 6.54 Å². The zero-order chi connectivity index (χ0) is 15.3. The van der Waals surface area contributed by atoms with Crippen molar-refractivity contribution >= 4 is 0 Å². The van der Waals surface area contributed by atoms with Gasteiger partial charge in [0.25, 0.3) is 5.92 Å². The zero-order valence-electron chi connectivity index (χ0n) is 12.1. The summed E-state index contributed by atoms with van der Waals surface area (Å²) in [6.07, 6.45) is 0. The molecule has 0 fully saturated rings. The van der Waals surface area contributed by atoms with Crippen LogP contribution in [0.4, 0.5) is 8.78 Å². The maximum atomic E-state index is 14.2. The first-order valence-corrected chi connectivity index (χ1v) is 6.91. The Morgan fingerprint density at radius 3 is 2.10 bits per heavy atom. The Balaban J connectivity index is 1.98. The summed E-state index contributed by atoms with van der Waals surface area (Å²) in [5.74, 6) is -2.85. The van der Waals surface area contributed by atoms with E-state index in [1.54, 1.807) is 30.1 Å². The Kier molecular flexibility index (Phi) is 5.04. The van der Waals surface area contributed by atoms with Gasteiger partial charge in [0.1, 0.15) is 0 Å². The Morgan fingerprint density at radius 1 is 0.952 bits per heavy atom. The molecule has 112 valence electrons. The molecule has 0 heterocycles. The maximum Gasteiger partial charge on any atom is 0.285 e. The summed E-state index contributed by atoms with van der Waals surface area (Å²) >= 11 is 0. The summed E-state index contributed by atoms with van der Waals surface area (Å²) in [4.78, 5) is 1.63. The van der Waals surface area contributed by atoms with Crippen LogP contribution >= 0.6 is 0 Å². The van der Waals surface area contributed by atoms with E-state index in [1.807, 2.05) is 24.3 Å². The largest absolute Gasteiger partial charge is 0.326 e. The van der Waals surface area contributed by atoms with Gasteiger partial charge in [0.15, 0.2) is 0 Å². The Morgan fingerprint density at radius 2 is 1.52 bits per heavy atom. The van der Waals surface area contributed by atoms with Gasteiger partial charge in [0, 0.05) is 18.7 Å². The van der Waals surface area contributed by atoms with Crippen LogP contribution < -0.4 is 5.73 Å². The molecule has 0 aromatic heterocycles. The maximum absolute atomic E-state index is 14.2. The van der Waals surface area contributed by atoms with Crippen LogP contribution in [0.2, 0.25) is 0 Å². The number of likely N-dealkylation sites (N-methyl/N-ethyl adjacent to an activating group) is 1. The van der Waals surface area contributed by atoms with E-state index in [-0.39, 0.29) is 12.1 Å². The van der Waals surface area contributed by atoms with E-state index in [4.69, 9.17) is 5.73 Å². The minimum Gasteiger partial charge on any atom is -0.326 e. The molecule has 21 heavy (non-hydrogen) atoms. The average Bonchev–Trinajstić information content (AvgIpc) is 2.48. The molecule has 0 aliphatic heterocycles. The summed E-state index contributed by atoms with van der Waals surface area (Å²) in [5, 5.41) is 0. The molecule has 0 bridgehead atoms. The zero-order valence-corrected chi connectivity index (χ0v) is 12.1. The highest BCUT2D eigenvalue weighted by Gasteiger charge is 2.32. The number of nitrogens with zero attached hydrogens (tertiary/aromatic N) is 1. The predicted molar refractivity (Wildman–Crippen MR) is 81.0 cm³/mol. The molecule has 0 spiro atoms. The summed E-state index contributed by atoms with van der Waals surface area (Å²) < 4.78 is 28.3. The van der Waals surface area contributed by atoms with Crippen molar-refractivity contribution in [1.29, 1.82) is 0 Å². The SMILES string of the molecule is CN(Cc1ccc(CN)cc1)CC(F)(F)c1ccccc1. The number of halogens is 2. The van der Waals surface area contributed by atoms with Crippen LogP contribution in [0.1, 0.15) is 16.7 Å². The topological polar surface area (TPSA) is 29.3 Å². The van der Waals surface area contributed by atoms with E-state index in [1.165, 1.54) is 12.1 Å². The van der Waals surface area contributed by atoms with Gasteiger partial charge in [-0.05, 0) is 18.2 Å². The number of nitrogens with two attached hydrogens (primary N) is 1. The lowest BCUT2D eigenvalue weighted by molar-refractivity contribution is -0.0338. The van der Waals surface area contributed by atoms with E-state index in [2.05, 4.69) is 0 Å². The number of rotatable bonds is 6. The van der Waals surface area contributed by atoms with Crippen molar-refractivity contribution in [3.05, 3.63) is 71.3 Å². The Bertz CT molecular complexity index is 553. The fourth-order valence-corrected chi connectivity index (χ4v) is 2.26. The van der Waals surface area contributed by atoms with E-state index in [0.717, 1.165) is 11.1 Å². The average molecular weight is 290 g/mol. The fraction of sp³-hybridized carbons (Fsp3) is 0.294. The van der Waals surface area contributed by atoms with Crippen LogP contribution in [0.3, 0.4) is 0 Å². The van der Waals surface area contributed by atoms with Crippen LogP contribution in [0.5, 0.6) is 0 Å². The van der Waals surface area contributed by atoms with Crippen molar-refractivity contribution in [2.75, 3.05) is 13.6 Å². The van der Waals surface area contributed by atoms with Crippen molar-refractivity contribution in [3.8, 4) is 0 Å². The minimum atomic E-state index is -2.85. The lowest BCUT2D eigenvalue weighted by Crippen LogP contribution is -2.32. The van der Waals surface area contributed by atoms with Crippen LogP contribution in [-0.4, -0.2) is 18.5 Å². The van der Waals surface area contributed by atoms with Crippen LogP contribution in [0.25, 0.3) is 0 Å². The third-order valence-corrected chi connectivity index (χ3v) is 3.38. The highest BCUT2D eigenvalue weighted by atomic mass is 19.3. The number of alkyl halides is 2. The summed E-state index contributed by atoms with van der Waals surface area (Å²) in [7, 11) is 1.70. The first kappa shape index (κ1) is 15.6. The summed E-state index contributed by atoms with van der Waals surface area (Å²) in [6.45, 7) is 0.658. The third-order valence-electron chi connectivity index (χ3n) is 3.38. The second-order valence-corrected chi connectivity index (χ2v) is 5.26. The van der Waals surface area contributed by atoms with Crippen LogP contribution in [0, 0.1) is 0 Å². The normalized spacial score (nSPS) is 11.9. The molecule has 0 aliphatic rings.